The second-order valence-corrected chi connectivity index (χ2v) is 8.01. The van der Waals surface area contributed by atoms with Gasteiger partial charge in [-0.05, 0) is 55.8 Å². The van der Waals surface area contributed by atoms with Gasteiger partial charge in [0.05, 0.1) is 24.3 Å². The Kier molecular flexibility index (Phi) is 5.65. The lowest BCUT2D eigenvalue weighted by molar-refractivity contribution is 0.204. The van der Waals surface area contributed by atoms with Crippen LogP contribution in [0, 0.1) is 11.3 Å². The second-order valence-electron chi connectivity index (χ2n) is 7.00. The Hall–Kier alpha value is -2.75. The molecule has 0 bridgehead atoms. The molecule has 0 N–H and O–H groups in total. The number of para-hydroxylation sites is 1. The zero-order valence-electron chi connectivity index (χ0n) is 15.8. The number of nitrogens with zero attached hydrogens (tertiary/aromatic N) is 4. The summed E-state index contributed by atoms with van der Waals surface area (Å²) in [7, 11) is 1.68. The van der Waals surface area contributed by atoms with E-state index in [1.165, 1.54) is 5.56 Å². The zero-order valence-corrected chi connectivity index (χ0v) is 16.7. The van der Waals surface area contributed by atoms with Gasteiger partial charge in [-0.1, -0.05) is 35.6 Å². The van der Waals surface area contributed by atoms with Crippen LogP contribution in [0.15, 0.2) is 48.5 Å². The van der Waals surface area contributed by atoms with Crippen LogP contribution in [0.5, 0.6) is 5.75 Å². The van der Waals surface area contributed by atoms with Crippen LogP contribution < -0.4 is 4.74 Å². The number of piperidine rings is 1. The molecule has 6 heteroatoms. The van der Waals surface area contributed by atoms with Crippen LogP contribution in [0.4, 0.5) is 0 Å². The summed E-state index contributed by atoms with van der Waals surface area (Å²) in [5, 5.41) is 19.9. The van der Waals surface area contributed by atoms with Crippen LogP contribution in [0.25, 0.3) is 10.6 Å². The van der Waals surface area contributed by atoms with Crippen LogP contribution in [0.3, 0.4) is 0 Å². The molecule has 1 saturated heterocycles. The molecule has 0 saturated carbocycles. The monoisotopic (exact) mass is 390 g/mol. The molecule has 0 radical (unpaired) electrons. The highest BCUT2D eigenvalue weighted by Crippen LogP contribution is 2.36. The molecule has 0 spiro atoms. The summed E-state index contributed by atoms with van der Waals surface area (Å²) in [6, 6.07) is 18.0. The Labute approximate surface area is 169 Å². The number of hydrogen-bond donors (Lipinski definition) is 0. The number of likely N-dealkylation sites (tertiary alicyclic amines) is 1. The summed E-state index contributed by atoms with van der Waals surface area (Å²) >= 11 is 1.68. The fourth-order valence-electron chi connectivity index (χ4n) is 3.61. The Morgan fingerprint density at radius 1 is 1.11 bits per heavy atom. The number of aromatic nitrogens is 2. The predicted octanol–water partition coefficient (Wildman–Crippen LogP) is 4.46. The van der Waals surface area contributed by atoms with Gasteiger partial charge in [0.15, 0.2) is 5.01 Å². The molecule has 2 heterocycles. The van der Waals surface area contributed by atoms with Gasteiger partial charge >= 0.3 is 0 Å². The van der Waals surface area contributed by atoms with E-state index in [-0.39, 0.29) is 0 Å². The molecule has 0 atom stereocenters. The summed E-state index contributed by atoms with van der Waals surface area (Å²) in [4.78, 5) is 2.47. The molecule has 2 aromatic carbocycles. The molecule has 4 rings (SSSR count). The Bertz CT molecular complexity index is 969. The maximum Gasteiger partial charge on any atom is 0.151 e. The van der Waals surface area contributed by atoms with Gasteiger partial charge in [-0.15, -0.1) is 10.2 Å². The molecule has 0 aliphatic carbocycles. The second kappa shape index (κ2) is 8.51. The van der Waals surface area contributed by atoms with E-state index >= 15 is 0 Å². The molecular weight excluding hydrogens is 368 g/mol. The molecule has 28 heavy (non-hydrogen) atoms. The molecule has 0 amide bonds. The summed E-state index contributed by atoms with van der Waals surface area (Å²) in [6.45, 7) is 3.03. The van der Waals surface area contributed by atoms with Gasteiger partial charge in [-0.2, -0.15) is 5.26 Å². The van der Waals surface area contributed by atoms with Crippen molar-refractivity contribution in [2.24, 2.45) is 0 Å². The molecule has 3 aromatic rings. The lowest BCUT2D eigenvalue weighted by atomic mass is 9.97. The highest BCUT2D eigenvalue weighted by atomic mass is 32.1. The van der Waals surface area contributed by atoms with Gasteiger partial charge in [-0.3, -0.25) is 4.90 Å². The molecule has 0 unspecified atom stereocenters. The molecule has 1 fully saturated rings. The summed E-state index contributed by atoms with van der Waals surface area (Å²) in [5.74, 6) is 1.31. The minimum Gasteiger partial charge on any atom is -0.496 e. The third-order valence-electron chi connectivity index (χ3n) is 5.20. The predicted molar refractivity (Wildman–Crippen MR) is 110 cm³/mol. The van der Waals surface area contributed by atoms with Crippen LogP contribution in [-0.2, 0) is 6.54 Å². The van der Waals surface area contributed by atoms with Gasteiger partial charge in [0.1, 0.15) is 10.8 Å². The minimum absolute atomic E-state index is 0.471. The largest absolute Gasteiger partial charge is 0.496 e. The van der Waals surface area contributed by atoms with E-state index in [1.807, 2.05) is 36.4 Å². The number of nitriles is 1. The van der Waals surface area contributed by atoms with Crippen molar-refractivity contribution in [3.63, 3.8) is 0 Å². The maximum atomic E-state index is 8.91. The van der Waals surface area contributed by atoms with Crippen molar-refractivity contribution in [2.45, 2.75) is 25.3 Å². The van der Waals surface area contributed by atoms with Crippen molar-refractivity contribution in [3.8, 4) is 22.4 Å². The molecule has 1 aliphatic heterocycles. The van der Waals surface area contributed by atoms with Crippen molar-refractivity contribution >= 4 is 11.3 Å². The lowest BCUT2D eigenvalue weighted by Gasteiger charge is -2.30. The van der Waals surface area contributed by atoms with Gasteiger partial charge in [-0.25, -0.2) is 0 Å². The minimum atomic E-state index is 0.471. The average Bonchev–Trinajstić information content (AvgIpc) is 3.25. The zero-order chi connectivity index (χ0) is 19.3. The fraction of sp³-hybridized carbons (Fsp3) is 0.318. The van der Waals surface area contributed by atoms with Gasteiger partial charge in [0, 0.05) is 12.5 Å². The van der Waals surface area contributed by atoms with Crippen molar-refractivity contribution in [2.75, 3.05) is 20.2 Å². The molecule has 1 aliphatic rings. The number of benzene rings is 2. The first kappa shape index (κ1) is 18.6. The topological polar surface area (TPSA) is 62.0 Å². The molecule has 142 valence electrons. The third-order valence-corrected chi connectivity index (χ3v) is 6.32. The normalized spacial score (nSPS) is 15.3. The average molecular weight is 391 g/mol. The van der Waals surface area contributed by atoms with E-state index in [2.05, 4.69) is 33.3 Å². The van der Waals surface area contributed by atoms with Gasteiger partial charge in [0.25, 0.3) is 0 Å². The Balaban J connectivity index is 1.37. The quantitative estimate of drug-likeness (QED) is 0.643. The molecule has 1 aromatic heterocycles. The van der Waals surface area contributed by atoms with Crippen LogP contribution in [0.1, 0.15) is 34.9 Å². The van der Waals surface area contributed by atoms with E-state index < -0.39 is 0 Å². The Morgan fingerprint density at radius 2 is 1.86 bits per heavy atom. The van der Waals surface area contributed by atoms with Crippen molar-refractivity contribution < 1.29 is 4.74 Å². The number of methoxy groups -OCH3 is 1. The van der Waals surface area contributed by atoms with Gasteiger partial charge < -0.3 is 4.74 Å². The lowest BCUT2D eigenvalue weighted by Crippen LogP contribution is -2.32. The van der Waals surface area contributed by atoms with E-state index in [4.69, 9.17) is 10.00 Å². The van der Waals surface area contributed by atoms with Crippen molar-refractivity contribution in [3.05, 3.63) is 64.7 Å². The van der Waals surface area contributed by atoms with Crippen molar-refractivity contribution in [1.82, 2.24) is 15.1 Å². The summed E-state index contributed by atoms with van der Waals surface area (Å²) in [6.07, 6.45) is 2.19. The standard InChI is InChI=1S/C22H22N4OS/c1-27-20-5-3-2-4-19(20)22-25-24-21(28-22)18-10-12-26(13-11-18)15-17-8-6-16(14-23)7-9-17/h2-9,18H,10-13,15H2,1H3. The highest BCUT2D eigenvalue weighted by Gasteiger charge is 2.24. The first-order valence-electron chi connectivity index (χ1n) is 9.45. The summed E-state index contributed by atoms with van der Waals surface area (Å²) < 4.78 is 5.45. The maximum absolute atomic E-state index is 8.91. The van der Waals surface area contributed by atoms with E-state index in [9.17, 15) is 0 Å². The molecule has 5 nitrogen and oxygen atoms in total. The number of hydrogen-bond acceptors (Lipinski definition) is 6. The van der Waals surface area contributed by atoms with Crippen LogP contribution in [-0.4, -0.2) is 35.3 Å². The smallest absolute Gasteiger partial charge is 0.151 e. The third kappa shape index (κ3) is 4.06. The Morgan fingerprint density at radius 3 is 2.57 bits per heavy atom. The van der Waals surface area contributed by atoms with E-state index in [0.717, 1.165) is 53.8 Å². The first-order valence-corrected chi connectivity index (χ1v) is 10.3. The van der Waals surface area contributed by atoms with Crippen molar-refractivity contribution in [1.29, 1.82) is 5.26 Å². The SMILES string of the molecule is COc1ccccc1-c1nnc(C2CCN(Cc3ccc(C#N)cc3)CC2)s1. The molecular formula is C22H22N4OS. The van der Waals surface area contributed by atoms with Gasteiger partial charge in [0.2, 0.25) is 0 Å². The number of rotatable bonds is 5. The van der Waals surface area contributed by atoms with E-state index in [1.54, 1.807) is 18.4 Å². The highest BCUT2D eigenvalue weighted by molar-refractivity contribution is 7.14. The fourth-order valence-corrected chi connectivity index (χ4v) is 4.65. The first-order chi connectivity index (χ1) is 13.8. The van der Waals surface area contributed by atoms with Crippen LogP contribution >= 0.6 is 11.3 Å². The summed E-state index contributed by atoms with van der Waals surface area (Å²) in [5.41, 5.74) is 2.98. The van der Waals surface area contributed by atoms with E-state index in [0.29, 0.717) is 11.5 Å². The number of ether oxygens (including phenoxy) is 1. The van der Waals surface area contributed by atoms with Crippen LogP contribution in [0.2, 0.25) is 0 Å².